The van der Waals surface area contributed by atoms with Gasteiger partial charge in [0.15, 0.2) is 0 Å². The number of hydrogen-bond donors (Lipinski definition) is 0. The van der Waals surface area contributed by atoms with Crippen LogP contribution < -0.4 is 0 Å². The minimum Gasteiger partial charge on any atom is -0.218 e. The fourth-order valence-electron chi connectivity index (χ4n) is 1.75. The molecule has 1 saturated heterocycles. The maximum Gasteiger partial charge on any atom is 0.0330 e. The molecular weight excluding hydrogens is 249 g/mol. The van der Waals surface area contributed by atoms with Crippen molar-refractivity contribution in [3.8, 4) is 0 Å². The highest BCUT2D eigenvalue weighted by Gasteiger charge is 2.42. The van der Waals surface area contributed by atoms with Gasteiger partial charge in [0.2, 0.25) is 0 Å². The lowest BCUT2D eigenvalue weighted by molar-refractivity contribution is 0.183. The van der Waals surface area contributed by atoms with E-state index in [1.54, 1.807) is 0 Å². The van der Waals surface area contributed by atoms with Crippen LogP contribution in [0.2, 0.25) is 0 Å². The van der Waals surface area contributed by atoms with Crippen LogP contribution in [0.15, 0.2) is 30.3 Å². The summed E-state index contributed by atoms with van der Waals surface area (Å²) in [6.07, 6.45) is 0. The molecule has 0 amide bonds. The van der Waals surface area contributed by atoms with Gasteiger partial charge < -0.3 is 0 Å². The first-order chi connectivity index (χ1) is 6.27. The SMILES string of the molecule is ClN1CC(CBr)(c2ccccc2)C1. The zero-order valence-electron chi connectivity index (χ0n) is 7.21. The van der Waals surface area contributed by atoms with Crippen LogP contribution in [0.3, 0.4) is 0 Å². The van der Waals surface area contributed by atoms with Crippen molar-refractivity contribution in [1.29, 1.82) is 0 Å². The van der Waals surface area contributed by atoms with Crippen LogP contribution in [0.5, 0.6) is 0 Å². The molecule has 1 aliphatic heterocycles. The summed E-state index contributed by atoms with van der Waals surface area (Å²) in [5.74, 6) is 0. The van der Waals surface area contributed by atoms with Crippen LogP contribution in [0.1, 0.15) is 5.56 Å². The molecule has 0 unspecified atom stereocenters. The molecule has 13 heavy (non-hydrogen) atoms. The molecule has 1 aromatic rings. The standard InChI is InChI=1S/C10H11BrClN/c11-6-10(7-13(12)8-10)9-4-2-1-3-5-9/h1-5H,6-8H2. The van der Waals surface area contributed by atoms with E-state index in [0.717, 1.165) is 18.4 Å². The van der Waals surface area contributed by atoms with Gasteiger partial charge in [0.25, 0.3) is 0 Å². The highest BCUT2D eigenvalue weighted by molar-refractivity contribution is 9.09. The first-order valence-corrected chi connectivity index (χ1v) is 5.75. The summed E-state index contributed by atoms with van der Waals surface area (Å²) in [5, 5.41) is 0.979. The molecule has 1 nitrogen and oxygen atoms in total. The highest BCUT2D eigenvalue weighted by atomic mass is 79.9. The van der Waals surface area contributed by atoms with Crippen LogP contribution in [-0.4, -0.2) is 22.8 Å². The first kappa shape index (κ1) is 9.50. The number of nitrogens with zero attached hydrogens (tertiary/aromatic N) is 1. The van der Waals surface area contributed by atoms with Crippen molar-refractivity contribution in [1.82, 2.24) is 4.42 Å². The van der Waals surface area contributed by atoms with Crippen molar-refractivity contribution < 1.29 is 0 Å². The summed E-state index contributed by atoms with van der Waals surface area (Å²) in [4.78, 5) is 0. The monoisotopic (exact) mass is 259 g/mol. The van der Waals surface area contributed by atoms with Crippen molar-refractivity contribution in [2.45, 2.75) is 5.41 Å². The Labute approximate surface area is 91.9 Å². The third-order valence-corrected chi connectivity index (χ3v) is 3.90. The summed E-state index contributed by atoms with van der Waals surface area (Å²) in [6, 6.07) is 10.5. The molecule has 1 fully saturated rings. The van der Waals surface area contributed by atoms with E-state index in [1.807, 2.05) is 10.5 Å². The molecule has 0 aromatic heterocycles. The Kier molecular flexibility index (Phi) is 2.63. The van der Waals surface area contributed by atoms with Gasteiger partial charge in [0.1, 0.15) is 0 Å². The molecule has 1 heterocycles. The third-order valence-electron chi connectivity index (χ3n) is 2.59. The van der Waals surface area contributed by atoms with Gasteiger partial charge in [-0.05, 0) is 17.3 Å². The molecule has 0 radical (unpaired) electrons. The molecular formula is C10H11BrClN. The van der Waals surface area contributed by atoms with Gasteiger partial charge in [-0.25, -0.2) is 4.42 Å². The largest absolute Gasteiger partial charge is 0.218 e. The number of rotatable bonds is 2. The second-order valence-electron chi connectivity index (χ2n) is 3.56. The average Bonchev–Trinajstić information content (AvgIpc) is 2.14. The lowest BCUT2D eigenvalue weighted by Crippen LogP contribution is -2.56. The number of benzene rings is 1. The fraction of sp³-hybridized carbons (Fsp3) is 0.400. The molecule has 1 aromatic carbocycles. The average molecular weight is 261 g/mol. The van der Waals surface area contributed by atoms with Gasteiger partial charge in [-0.15, -0.1) is 0 Å². The van der Waals surface area contributed by atoms with Gasteiger partial charge in [-0.1, -0.05) is 46.3 Å². The van der Waals surface area contributed by atoms with Gasteiger partial charge in [-0.3, -0.25) is 0 Å². The minimum atomic E-state index is 0.239. The van der Waals surface area contributed by atoms with Gasteiger partial charge >= 0.3 is 0 Å². The Bertz CT molecular complexity index is 282. The fourth-order valence-corrected chi connectivity index (χ4v) is 2.88. The smallest absolute Gasteiger partial charge is 0.0330 e. The summed E-state index contributed by atoms with van der Waals surface area (Å²) >= 11 is 9.44. The van der Waals surface area contributed by atoms with Crippen LogP contribution in [0.4, 0.5) is 0 Å². The Balaban J connectivity index is 2.24. The van der Waals surface area contributed by atoms with E-state index in [1.165, 1.54) is 5.56 Å². The van der Waals surface area contributed by atoms with E-state index in [9.17, 15) is 0 Å². The third kappa shape index (κ3) is 1.63. The van der Waals surface area contributed by atoms with Crippen LogP contribution >= 0.6 is 27.7 Å². The molecule has 0 N–H and O–H groups in total. The zero-order chi connectivity index (χ0) is 9.31. The molecule has 1 aliphatic rings. The van der Waals surface area contributed by atoms with E-state index >= 15 is 0 Å². The first-order valence-electron chi connectivity index (χ1n) is 4.29. The molecule has 0 saturated carbocycles. The molecule has 0 atom stereocenters. The molecule has 3 heteroatoms. The number of alkyl halides is 1. The molecule has 0 spiro atoms. The van der Waals surface area contributed by atoms with E-state index in [-0.39, 0.29) is 5.41 Å². The van der Waals surface area contributed by atoms with Crippen molar-refractivity contribution >= 4 is 27.7 Å². The Morgan fingerprint density at radius 1 is 1.31 bits per heavy atom. The summed E-state index contributed by atoms with van der Waals surface area (Å²) in [6.45, 7) is 1.87. The van der Waals surface area contributed by atoms with Crippen molar-refractivity contribution in [2.24, 2.45) is 0 Å². The van der Waals surface area contributed by atoms with E-state index in [0.29, 0.717) is 0 Å². The highest BCUT2D eigenvalue weighted by Crippen LogP contribution is 2.36. The number of hydrogen-bond acceptors (Lipinski definition) is 1. The predicted molar refractivity (Wildman–Crippen MR) is 59.3 cm³/mol. The molecule has 0 aliphatic carbocycles. The predicted octanol–water partition coefficient (Wildman–Crippen LogP) is 2.79. The van der Waals surface area contributed by atoms with Crippen LogP contribution in [-0.2, 0) is 5.41 Å². The quantitative estimate of drug-likeness (QED) is 0.584. The van der Waals surface area contributed by atoms with Crippen molar-refractivity contribution in [2.75, 3.05) is 18.4 Å². The van der Waals surface area contributed by atoms with Crippen molar-refractivity contribution in [3.05, 3.63) is 35.9 Å². The Morgan fingerprint density at radius 3 is 2.38 bits per heavy atom. The van der Waals surface area contributed by atoms with Crippen LogP contribution in [0.25, 0.3) is 0 Å². The molecule has 70 valence electrons. The van der Waals surface area contributed by atoms with E-state index < -0.39 is 0 Å². The Hall–Kier alpha value is -0.0500. The number of halogens is 2. The lowest BCUT2D eigenvalue weighted by atomic mass is 9.77. The summed E-state index contributed by atoms with van der Waals surface area (Å²) in [7, 11) is 0. The van der Waals surface area contributed by atoms with E-state index in [2.05, 4.69) is 40.2 Å². The van der Waals surface area contributed by atoms with Gasteiger partial charge in [0, 0.05) is 23.8 Å². The topological polar surface area (TPSA) is 3.24 Å². The maximum absolute atomic E-state index is 5.87. The van der Waals surface area contributed by atoms with Crippen molar-refractivity contribution in [3.63, 3.8) is 0 Å². The zero-order valence-corrected chi connectivity index (χ0v) is 9.55. The van der Waals surface area contributed by atoms with E-state index in [4.69, 9.17) is 11.8 Å². The van der Waals surface area contributed by atoms with Gasteiger partial charge in [-0.2, -0.15) is 0 Å². The molecule has 2 rings (SSSR count). The molecule has 0 bridgehead atoms. The maximum atomic E-state index is 5.87. The second-order valence-corrected chi connectivity index (χ2v) is 4.60. The normalized spacial score (nSPS) is 21.1. The minimum absolute atomic E-state index is 0.239. The van der Waals surface area contributed by atoms with Crippen LogP contribution in [0, 0.1) is 0 Å². The second kappa shape index (κ2) is 3.60. The summed E-state index contributed by atoms with van der Waals surface area (Å²) < 4.78 is 1.83. The lowest BCUT2D eigenvalue weighted by Gasteiger charge is -2.46. The Morgan fingerprint density at radius 2 is 1.92 bits per heavy atom. The van der Waals surface area contributed by atoms with Gasteiger partial charge in [0.05, 0.1) is 0 Å². The summed E-state index contributed by atoms with van der Waals surface area (Å²) in [5.41, 5.74) is 1.62.